The number of hydrogen-bond acceptors (Lipinski definition) is 3. The smallest absolute Gasteiger partial charge is 0.504 e. The fraction of sp³-hybridized carbons (Fsp3) is 0.0435. The Morgan fingerprint density at radius 3 is 2.44 bits per heavy atom. The Bertz CT molecular complexity index is 1290. The van der Waals surface area contributed by atoms with Gasteiger partial charge in [0.15, 0.2) is 0 Å². The Hall–Kier alpha value is -2.82. The summed E-state index contributed by atoms with van der Waals surface area (Å²) >= 11 is 1.71. The Morgan fingerprint density at radius 2 is 1.63 bits per heavy atom. The molecule has 0 saturated carbocycles. The van der Waals surface area contributed by atoms with Crippen molar-refractivity contribution in [2.24, 2.45) is 0 Å². The van der Waals surface area contributed by atoms with E-state index in [0.29, 0.717) is 0 Å². The highest BCUT2D eigenvalue weighted by Gasteiger charge is 2.15. The van der Waals surface area contributed by atoms with E-state index in [1.165, 1.54) is 37.5 Å². The number of thiophene rings is 1. The molecule has 4 heteroatoms. The molecule has 0 saturated heterocycles. The van der Waals surface area contributed by atoms with Crippen LogP contribution in [-0.4, -0.2) is 12.7 Å². The van der Waals surface area contributed by atoms with Crippen LogP contribution in [0.5, 0.6) is 5.75 Å². The minimum absolute atomic E-state index is 0.323. The molecule has 0 unspecified atom stereocenters. The van der Waals surface area contributed by atoms with E-state index < -0.39 is 0 Å². The van der Waals surface area contributed by atoms with E-state index in [4.69, 9.17) is 4.65 Å². The molecular formula is C23H17BO2S. The average molecular weight is 368 g/mol. The first-order chi connectivity index (χ1) is 13.2. The largest absolute Gasteiger partial charge is 0.538 e. The predicted molar refractivity (Wildman–Crippen MR) is 117 cm³/mol. The second-order valence-corrected chi connectivity index (χ2v) is 7.80. The van der Waals surface area contributed by atoms with Crippen LogP contribution in [-0.2, 0) is 0 Å². The van der Waals surface area contributed by atoms with Crippen molar-refractivity contribution in [1.82, 2.24) is 0 Å². The van der Waals surface area contributed by atoms with Crippen molar-refractivity contribution in [2.75, 3.05) is 0 Å². The highest BCUT2D eigenvalue weighted by molar-refractivity contribution is 7.26. The van der Waals surface area contributed by atoms with Gasteiger partial charge >= 0.3 is 7.69 Å². The van der Waals surface area contributed by atoms with Crippen LogP contribution in [0.4, 0.5) is 0 Å². The van der Waals surface area contributed by atoms with E-state index >= 15 is 0 Å². The lowest BCUT2D eigenvalue weighted by molar-refractivity contribution is 0.457. The molecule has 4 aromatic carbocycles. The summed E-state index contributed by atoms with van der Waals surface area (Å²) in [4.78, 5) is 0. The van der Waals surface area contributed by atoms with Crippen LogP contribution >= 0.6 is 11.3 Å². The lowest BCUT2D eigenvalue weighted by Crippen LogP contribution is -1.99. The monoisotopic (exact) mass is 368 g/mol. The first kappa shape index (κ1) is 16.4. The maximum absolute atomic E-state index is 9.32. The van der Waals surface area contributed by atoms with Gasteiger partial charge in [-0.05, 0) is 47.0 Å². The summed E-state index contributed by atoms with van der Waals surface area (Å²) in [5.74, 6) is 0.740. The first-order valence-electron chi connectivity index (χ1n) is 8.93. The quantitative estimate of drug-likeness (QED) is 0.407. The fourth-order valence-electron chi connectivity index (χ4n) is 3.70. The van der Waals surface area contributed by atoms with Crippen LogP contribution in [0.2, 0.25) is 0 Å². The molecule has 1 N–H and O–H groups in total. The van der Waals surface area contributed by atoms with E-state index in [0.717, 1.165) is 15.8 Å². The number of fused-ring (bicyclic) bond motifs is 5. The molecule has 1 aromatic heterocycles. The maximum atomic E-state index is 9.32. The summed E-state index contributed by atoms with van der Waals surface area (Å²) in [5.41, 5.74) is 3.69. The lowest BCUT2D eigenvalue weighted by atomic mass is 9.99. The molecule has 0 radical (unpaired) electrons. The zero-order valence-corrected chi connectivity index (χ0v) is 15.7. The molecule has 2 nitrogen and oxygen atoms in total. The molecular weight excluding hydrogens is 351 g/mol. The van der Waals surface area contributed by atoms with Crippen molar-refractivity contribution < 1.29 is 9.68 Å². The molecule has 0 bridgehead atoms. The summed E-state index contributed by atoms with van der Waals surface area (Å²) in [6.45, 7) is 2.11. The molecule has 5 aromatic rings. The van der Waals surface area contributed by atoms with Gasteiger partial charge in [0.1, 0.15) is 5.75 Å². The van der Waals surface area contributed by atoms with E-state index in [1.54, 1.807) is 11.3 Å². The van der Waals surface area contributed by atoms with Gasteiger partial charge in [-0.3, -0.25) is 0 Å². The van der Waals surface area contributed by atoms with Gasteiger partial charge in [0.2, 0.25) is 0 Å². The normalized spacial score (nSPS) is 11.3. The average Bonchev–Trinajstić information content (AvgIpc) is 3.08. The van der Waals surface area contributed by atoms with Gasteiger partial charge in [0.25, 0.3) is 0 Å². The molecule has 0 fully saturated rings. The van der Waals surface area contributed by atoms with E-state index in [-0.39, 0.29) is 7.69 Å². The van der Waals surface area contributed by atoms with Gasteiger partial charge in [-0.25, -0.2) is 0 Å². The molecule has 27 heavy (non-hydrogen) atoms. The molecule has 0 aliphatic heterocycles. The van der Waals surface area contributed by atoms with Gasteiger partial charge in [-0.1, -0.05) is 60.2 Å². The molecule has 130 valence electrons. The summed E-state index contributed by atoms with van der Waals surface area (Å²) in [6, 6.07) is 25.6. The summed E-state index contributed by atoms with van der Waals surface area (Å²) in [5, 5.41) is 14.1. The van der Waals surface area contributed by atoms with Gasteiger partial charge in [0, 0.05) is 15.5 Å². The van der Waals surface area contributed by atoms with Gasteiger partial charge < -0.3 is 9.68 Å². The third-order valence-corrected chi connectivity index (χ3v) is 6.22. The Balaban J connectivity index is 1.86. The maximum Gasteiger partial charge on any atom is 0.504 e. The molecule has 5 rings (SSSR count). The van der Waals surface area contributed by atoms with E-state index in [1.807, 2.05) is 12.1 Å². The molecule has 1 heterocycles. The summed E-state index contributed by atoms with van der Waals surface area (Å²) in [6.07, 6.45) is 0. The number of benzene rings is 4. The van der Waals surface area contributed by atoms with Crippen molar-refractivity contribution in [1.29, 1.82) is 0 Å². The van der Waals surface area contributed by atoms with Crippen molar-refractivity contribution in [2.45, 2.75) is 6.92 Å². The Labute approximate surface area is 162 Å². The third kappa shape index (κ3) is 2.69. The molecule has 0 amide bonds. The molecule has 0 atom stereocenters. The van der Waals surface area contributed by atoms with E-state index in [9.17, 15) is 5.02 Å². The summed E-state index contributed by atoms with van der Waals surface area (Å²) < 4.78 is 7.86. The zero-order valence-electron chi connectivity index (χ0n) is 14.9. The first-order valence-corrected chi connectivity index (χ1v) is 9.75. The number of hydrogen-bond donors (Lipinski definition) is 1. The Morgan fingerprint density at radius 1 is 0.852 bits per heavy atom. The topological polar surface area (TPSA) is 29.5 Å². The predicted octanol–water partition coefficient (Wildman–Crippen LogP) is 5.82. The highest BCUT2D eigenvalue weighted by Crippen LogP contribution is 2.44. The van der Waals surface area contributed by atoms with Gasteiger partial charge in [-0.2, -0.15) is 0 Å². The van der Waals surface area contributed by atoms with Crippen LogP contribution < -0.4 is 4.65 Å². The standard InChI is InChI=1S/C23H17BO2S/c1-14-6-8-15(9-7-14)16-10-11-21-19(12-16)22-18-5-3-2-4-17(18)13-20(26-24-25)23(22)27-21/h2-13,24-25H,1H3. The molecule has 0 aliphatic carbocycles. The van der Waals surface area contributed by atoms with Crippen LogP contribution in [0.1, 0.15) is 5.56 Å². The third-order valence-electron chi connectivity index (χ3n) is 5.03. The minimum Gasteiger partial charge on any atom is -0.538 e. The SMILES string of the molecule is Cc1ccc(-c2ccc3sc4c(OBO)cc5ccccc5c4c3c2)cc1. The second kappa shape index (κ2) is 6.41. The van der Waals surface area contributed by atoms with Crippen LogP contribution in [0.15, 0.2) is 72.8 Å². The van der Waals surface area contributed by atoms with E-state index in [2.05, 4.69) is 67.6 Å². The molecule has 0 spiro atoms. The van der Waals surface area contributed by atoms with Crippen molar-refractivity contribution in [3.8, 4) is 16.9 Å². The van der Waals surface area contributed by atoms with Gasteiger partial charge in [0.05, 0.1) is 4.70 Å². The lowest BCUT2D eigenvalue weighted by Gasteiger charge is -2.08. The van der Waals surface area contributed by atoms with Crippen LogP contribution in [0.25, 0.3) is 42.1 Å². The Kier molecular flexibility index (Phi) is 3.89. The highest BCUT2D eigenvalue weighted by atomic mass is 32.1. The van der Waals surface area contributed by atoms with Crippen molar-refractivity contribution in [3.63, 3.8) is 0 Å². The van der Waals surface area contributed by atoms with Crippen molar-refractivity contribution in [3.05, 3.63) is 78.4 Å². The number of rotatable bonds is 3. The minimum atomic E-state index is -0.323. The van der Waals surface area contributed by atoms with Crippen LogP contribution in [0, 0.1) is 6.92 Å². The van der Waals surface area contributed by atoms with Crippen LogP contribution in [0.3, 0.4) is 0 Å². The van der Waals surface area contributed by atoms with Crippen molar-refractivity contribution >= 4 is 50.0 Å². The summed E-state index contributed by atoms with van der Waals surface area (Å²) in [7, 11) is -0.323. The molecule has 0 aliphatic rings. The van der Waals surface area contributed by atoms with Gasteiger partial charge in [-0.15, -0.1) is 11.3 Å². The fourth-order valence-corrected chi connectivity index (χ4v) is 4.87. The second-order valence-electron chi connectivity index (χ2n) is 6.75. The zero-order chi connectivity index (χ0) is 18.4. The number of aryl methyl sites for hydroxylation is 1.